The van der Waals surface area contributed by atoms with Gasteiger partial charge in [0.15, 0.2) is 17.4 Å². The molecule has 0 aromatic rings. The highest BCUT2D eigenvalue weighted by molar-refractivity contribution is 6.69. The van der Waals surface area contributed by atoms with Crippen LogP contribution in [0, 0.1) is 5.41 Å². The Hall–Kier alpha value is 0.0944. The number of aliphatic carboxylic acids is 1. The summed E-state index contributed by atoms with van der Waals surface area (Å²) in [6.45, 7) is 21.4. The fourth-order valence-corrected chi connectivity index (χ4v) is 8.72. The van der Waals surface area contributed by atoms with Gasteiger partial charge >= 0.3 is 5.97 Å². The molecule has 0 amide bonds. The first-order chi connectivity index (χ1) is 13.3. The lowest BCUT2D eigenvalue weighted by atomic mass is 9.77. The Morgan fingerprint density at radius 2 is 1.37 bits per heavy atom. The van der Waals surface area contributed by atoms with E-state index in [4.69, 9.17) is 22.1 Å². The molecule has 178 valence electrons. The van der Waals surface area contributed by atoms with Gasteiger partial charge in [-0.05, 0) is 58.9 Å². The van der Waals surface area contributed by atoms with Crippen LogP contribution in [-0.4, -0.2) is 77.1 Å². The standard InChI is InChI=1S/C18H44O7Si5/c1-12(13(14(19)20)15(2,3)4)17(24-29(7)8,25-30(9,10)11)18(22-27,23-28)16(5,6)21-26/h29H,1-11,26-28H3,(H,19,20). The van der Waals surface area contributed by atoms with Gasteiger partial charge in [0, 0.05) is 11.1 Å². The zero-order chi connectivity index (χ0) is 24.3. The van der Waals surface area contributed by atoms with Crippen LogP contribution in [0.4, 0.5) is 0 Å². The molecule has 0 heterocycles. The number of rotatable bonds is 11. The molecule has 0 aromatic carbocycles. The summed E-state index contributed by atoms with van der Waals surface area (Å²) in [6, 6.07) is 0. The van der Waals surface area contributed by atoms with Crippen LogP contribution >= 0.6 is 0 Å². The summed E-state index contributed by atoms with van der Waals surface area (Å²) in [7, 11) is -2.99. The molecule has 0 saturated carbocycles. The van der Waals surface area contributed by atoms with Crippen LogP contribution in [0.15, 0.2) is 11.1 Å². The minimum atomic E-state index is -2.30. The van der Waals surface area contributed by atoms with Crippen molar-refractivity contribution in [1.29, 1.82) is 0 Å². The number of hydrogen-bond donors (Lipinski definition) is 1. The van der Waals surface area contributed by atoms with E-state index in [9.17, 15) is 9.90 Å². The molecule has 0 aliphatic rings. The molecule has 1 unspecified atom stereocenters. The van der Waals surface area contributed by atoms with Crippen molar-refractivity contribution in [3.05, 3.63) is 11.1 Å². The molecular weight excluding hydrogens is 469 g/mol. The highest BCUT2D eigenvalue weighted by Gasteiger charge is 2.66. The first kappa shape index (κ1) is 30.1. The Morgan fingerprint density at radius 3 is 1.60 bits per heavy atom. The summed E-state index contributed by atoms with van der Waals surface area (Å²) in [5.74, 6) is -3.96. The Labute approximate surface area is 194 Å². The first-order valence-electron chi connectivity index (χ1n) is 10.3. The van der Waals surface area contributed by atoms with Crippen molar-refractivity contribution >= 4 is 54.8 Å². The Bertz CT molecular complexity index is 634. The lowest BCUT2D eigenvalue weighted by Gasteiger charge is -2.58. The molecule has 0 bridgehead atoms. The van der Waals surface area contributed by atoms with Crippen LogP contribution in [0.2, 0.25) is 32.7 Å². The summed E-state index contributed by atoms with van der Waals surface area (Å²) in [5.41, 5.74) is -0.861. The lowest BCUT2D eigenvalue weighted by molar-refractivity contribution is -0.343. The van der Waals surface area contributed by atoms with E-state index in [1.54, 1.807) is 6.92 Å². The summed E-state index contributed by atoms with van der Waals surface area (Å²) in [4.78, 5) is 12.5. The van der Waals surface area contributed by atoms with Crippen molar-refractivity contribution in [3.8, 4) is 0 Å². The van der Waals surface area contributed by atoms with Crippen molar-refractivity contribution < 1.29 is 32.0 Å². The highest BCUT2D eigenvalue weighted by Crippen LogP contribution is 2.49. The van der Waals surface area contributed by atoms with E-state index >= 15 is 0 Å². The zero-order valence-corrected chi connectivity index (χ0v) is 29.6. The van der Waals surface area contributed by atoms with Crippen LogP contribution in [0.1, 0.15) is 41.5 Å². The average molecular weight is 513 g/mol. The van der Waals surface area contributed by atoms with Crippen molar-refractivity contribution in [1.82, 2.24) is 0 Å². The van der Waals surface area contributed by atoms with Crippen LogP contribution in [0.25, 0.3) is 0 Å². The monoisotopic (exact) mass is 512 g/mol. The van der Waals surface area contributed by atoms with Gasteiger partial charge in [0.05, 0.1) is 0 Å². The molecule has 7 nitrogen and oxygen atoms in total. The molecule has 0 saturated heterocycles. The van der Waals surface area contributed by atoms with Gasteiger partial charge < -0.3 is 27.2 Å². The first-order valence-corrected chi connectivity index (χ1v) is 18.9. The van der Waals surface area contributed by atoms with E-state index in [-0.39, 0.29) is 5.57 Å². The van der Waals surface area contributed by atoms with Gasteiger partial charge in [-0.25, -0.2) is 4.79 Å². The Morgan fingerprint density at radius 1 is 0.933 bits per heavy atom. The predicted molar refractivity (Wildman–Crippen MR) is 137 cm³/mol. The van der Waals surface area contributed by atoms with Gasteiger partial charge in [0.1, 0.15) is 37.1 Å². The van der Waals surface area contributed by atoms with Gasteiger partial charge in [-0.2, -0.15) is 0 Å². The van der Waals surface area contributed by atoms with E-state index in [2.05, 4.69) is 19.6 Å². The van der Waals surface area contributed by atoms with E-state index in [1.165, 1.54) is 0 Å². The SMILES string of the molecule is CC(=C(C(=O)O)C(C)(C)C)C(O[SiH](C)C)(O[Si](C)(C)C)C(O[SiH3])(O[SiH3])C(C)(C)O[SiH3]. The topological polar surface area (TPSA) is 83.5 Å². The average Bonchev–Trinajstić information content (AvgIpc) is 2.51. The van der Waals surface area contributed by atoms with Crippen molar-refractivity contribution in [2.45, 2.75) is 91.5 Å². The van der Waals surface area contributed by atoms with Crippen molar-refractivity contribution in [3.63, 3.8) is 0 Å². The van der Waals surface area contributed by atoms with Gasteiger partial charge in [0.25, 0.3) is 0 Å². The molecule has 0 aliphatic heterocycles. The van der Waals surface area contributed by atoms with Crippen molar-refractivity contribution in [2.24, 2.45) is 5.41 Å². The third-order valence-electron chi connectivity index (χ3n) is 5.00. The summed E-state index contributed by atoms with van der Waals surface area (Å²) < 4.78 is 32.0. The summed E-state index contributed by atoms with van der Waals surface area (Å²) >= 11 is 0. The molecule has 12 heteroatoms. The smallest absolute Gasteiger partial charge is 0.332 e. The van der Waals surface area contributed by atoms with Gasteiger partial charge in [-0.15, -0.1) is 0 Å². The van der Waals surface area contributed by atoms with E-state index in [0.29, 0.717) is 37.0 Å². The number of carboxylic acid groups (broad SMARTS) is 1. The van der Waals surface area contributed by atoms with Crippen LogP contribution in [-0.2, 0) is 26.9 Å². The quantitative estimate of drug-likeness (QED) is 0.243. The van der Waals surface area contributed by atoms with Gasteiger partial charge in [-0.3, -0.25) is 0 Å². The van der Waals surface area contributed by atoms with Gasteiger partial charge in [0.2, 0.25) is 11.6 Å². The van der Waals surface area contributed by atoms with E-state index < -0.39 is 45.9 Å². The molecule has 30 heavy (non-hydrogen) atoms. The molecule has 1 N–H and O–H groups in total. The molecule has 0 aromatic heterocycles. The maximum absolute atomic E-state index is 12.5. The fraction of sp³-hybridized carbons (Fsp3) is 0.833. The summed E-state index contributed by atoms with van der Waals surface area (Å²) in [6.07, 6.45) is 0. The predicted octanol–water partition coefficient (Wildman–Crippen LogP) is 0.347. The molecule has 0 spiro atoms. The number of carbonyl (C=O) groups is 1. The molecule has 0 radical (unpaired) electrons. The highest BCUT2D eigenvalue weighted by atomic mass is 28.4. The molecule has 1 atom stereocenters. The van der Waals surface area contributed by atoms with Crippen LogP contribution in [0.3, 0.4) is 0 Å². The minimum Gasteiger partial charge on any atom is -0.478 e. The number of hydrogen-bond acceptors (Lipinski definition) is 6. The summed E-state index contributed by atoms with van der Waals surface area (Å²) in [5, 5.41) is 10.2. The zero-order valence-electron chi connectivity index (χ0n) is 21.5. The lowest BCUT2D eigenvalue weighted by Crippen LogP contribution is -2.73. The van der Waals surface area contributed by atoms with Gasteiger partial charge in [-0.1, -0.05) is 20.8 Å². The van der Waals surface area contributed by atoms with E-state index in [1.807, 2.05) is 47.7 Å². The Kier molecular flexibility index (Phi) is 10.4. The fourth-order valence-electron chi connectivity index (χ4n) is 3.93. The molecule has 0 aliphatic carbocycles. The van der Waals surface area contributed by atoms with Crippen LogP contribution < -0.4 is 0 Å². The normalized spacial score (nSPS) is 18.9. The van der Waals surface area contributed by atoms with Crippen LogP contribution in [0.5, 0.6) is 0 Å². The largest absolute Gasteiger partial charge is 0.478 e. The van der Waals surface area contributed by atoms with Crippen molar-refractivity contribution in [2.75, 3.05) is 0 Å². The second kappa shape index (κ2) is 10.4. The Balaban J connectivity index is 7.81. The third-order valence-corrected chi connectivity index (χ3v) is 8.87. The maximum atomic E-state index is 12.5. The molecule has 0 rings (SSSR count). The second-order valence-corrected chi connectivity index (χ2v) is 18.3. The molecular formula is C18H44O7Si5. The third kappa shape index (κ3) is 6.11. The maximum Gasteiger partial charge on any atom is 0.332 e. The second-order valence-electron chi connectivity index (χ2n) is 10.3. The molecule has 0 fully saturated rings. The van der Waals surface area contributed by atoms with E-state index in [0.717, 1.165) is 0 Å². The minimum absolute atomic E-state index is 0.237. The number of carboxylic acids is 1.